The Kier molecular flexibility index (Phi) is 3.08. The highest BCUT2D eigenvalue weighted by atomic mass is 32.2. The van der Waals surface area contributed by atoms with Gasteiger partial charge in [0.2, 0.25) is 0 Å². The van der Waals surface area contributed by atoms with Crippen LogP contribution in [0.5, 0.6) is 0 Å². The summed E-state index contributed by atoms with van der Waals surface area (Å²) >= 11 is 1.87. The Morgan fingerprint density at radius 2 is 2.43 bits per heavy atom. The fourth-order valence-electron chi connectivity index (χ4n) is 1.49. The van der Waals surface area contributed by atoms with Gasteiger partial charge in [0, 0.05) is 0 Å². The lowest BCUT2D eigenvalue weighted by Crippen LogP contribution is -2.04. The van der Waals surface area contributed by atoms with E-state index in [1.165, 1.54) is 18.6 Å². The summed E-state index contributed by atoms with van der Waals surface area (Å²) in [5.74, 6) is 2.24. The van der Waals surface area contributed by atoms with Crippen LogP contribution in [0.1, 0.15) is 49.3 Å². The first-order valence-electron chi connectivity index (χ1n) is 4.90. The number of hydrogen-bond donors (Lipinski definition) is 1. The van der Waals surface area contributed by atoms with Crippen LogP contribution in [-0.4, -0.2) is 21.0 Å². The van der Waals surface area contributed by atoms with Crippen molar-refractivity contribution in [1.82, 2.24) is 10.1 Å². The van der Waals surface area contributed by atoms with Crippen molar-refractivity contribution in [2.24, 2.45) is 0 Å². The number of aliphatic hydroxyl groups excluding tert-OH is 1. The minimum atomic E-state index is -0.662. The molecule has 1 aliphatic heterocycles. The average Bonchev–Trinajstić information content (AvgIpc) is 2.68. The standard InChI is InChI=1S/C9H14N2O2S/c1-6(12)9-10-8(11-13-9)7-4-2-3-5-14-7/h6-7,12H,2-5H2,1H3. The first-order valence-corrected chi connectivity index (χ1v) is 5.95. The van der Waals surface area contributed by atoms with Crippen LogP contribution in [0.15, 0.2) is 4.52 Å². The third kappa shape index (κ3) is 2.09. The molecule has 1 aliphatic rings. The number of nitrogens with zero attached hydrogens (tertiary/aromatic N) is 2. The van der Waals surface area contributed by atoms with Gasteiger partial charge in [-0.2, -0.15) is 16.7 Å². The van der Waals surface area contributed by atoms with Gasteiger partial charge >= 0.3 is 0 Å². The summed E-state index contributed by atoms with van der Waals surface area (Å²) in [5, 5.41) is 13.5. The third-order valence-corrected chi connectivity index (χ3v) is 3.66. The van der Waals surface area contributed by atoms with Crippen LogP contribution in [0.4, 0.5) is 0 Å². The zero-order valence-corrected chi connectivity index (χ0v) is 8.96. The highest BCUT2D eigenvalue weighted by molar-refractivity contribution is 7.99. The van der Waals surface area contributed by atoms with Crippen LogP contribution in [-0.2, 0) is 0 Å². The van der Waals surface area contributed by atoms with Gasteiger partial charge in [0.15, 0.2) is 5.82 Å². The lowest BCUT2D eigenvalue weighted by Gasteiger charge is -2.17. The molecule has 2 heterocycles. The summed E-state index contributed by atoms with van der Waals surface area (Å²) in [6.07, 6.45) is 2.96. The zero-order chi connectivity index (χ0) is 9.97. The van der Waals surface area contributed by atoms with E-state index < -0.39 is 6.10 Å². The Morgan fingerprint density at radius 1 is 1.57 bits per heavy atom. The van der Waals surface area contributed by atoms with Gasteiger partial charge in [0.05, 0.1) is 5.25 Å². The number of hydrogen-bond acceptors (Lipinski definition) is 5. The largest absolute Gasteiger partial charge is 0.384 e. The molecule has 1 fully saturated rings. The lowest BCUT2D eigenvalue weighted by atomic mass is 10.2. The molecule has 0 radical (unpaired) electrons. The first-order chi connectivity index (χ1) is 6.77. The molecule has 1 N–H and O–H groups in total. The molecule has 78 valence electrons. The Hall–Kier alpha value is -0.550. The second-order valence-corrected chi connectivity index (χ2v) is 4.83. The zero-order valence-electron chi connectivity index (χ0n) is 8.14. The second-order valence-electron chi connectivity index (χ2n) is 3.52. The van der Waals surface area contributed by atoms with E-state index >= 15 is 0 Å². The molecule has 2 rings (SSSR count). The van der Waals surface area contributed by atoms with Crippen molar-refractivity contribution in [1.29, 1.82) is 0 Å². The van der Waals surface area contributed by atoms with E-state index in [1.54, 1.807) is 6.92 Å². The summed E-state index contributed by atoms with van der Waals surface area (Å²) in [6, 6.07) is 0. The Bertz CT molecular complexity index is 295. The van der Waals surface area contributed by atoms with Gasteiger partial charge in [-0.25, -0.2) is 0 Å². The van der Waals surface area contributed by atoms with Crippen LogP contribution < -0.4 is 0 Å². The van der Waals surface area contributed by atoms with E-state index in [4.69, 9.17) is 4.52 Å². The van der Waals surface area contributed by atoms with E-state index in [0.29, 0.717) is 11.1 Å². The molecule has 5 heteroatoms. The maximum atomic E-state index is 9.23. The normalized spacial score (nSPS) is 24.9. The van der Waals surface area contributed by atoms with Crippen molar-refractivity contribution in [2.75, 3.05) is 5.75 Å². The molecule has 1 aromatic rings. The van der Waals surface area contributed by atoms with E-state index in [1.807, 2.05) is 11.8 Å². The molecule has 0 saturated carbocycles. The minimum absolute atomic E-state index is 0.325. The first kappa shape index (κ1) is 9.98. The number of thioether (sulfide) groups is 1. The number of aromatic nitrogens is 2. The SMILES string of the molecule is CC(O)c1nc(C2CCCCS2)no1. The monoisotopic (exact) mass is 214 g/mol. The molecule has 1 aromatic heterocycles. The molecule has 14 heavy (non-hydrogen) atoms. The maximum absolute atomic E-state index is 9.23. The van der Waals surface area contributed by atoms with Crippen molar-refractivity contribution in [3.8, 4) is 0 Å². The van der Waals surface area contributed by atoms with Crippen LogP contribution in [0.2, 0.25) is 0 Å². The molecule has 4 nitrogen and oxygen atoms in total. The Labute approximate surface area is 87.1 Å². The van der Waals surface area contributed by atoms with Gasteiger partial charge in [-0.3, -0.25) is 0 Å². The predicted molar refractivity (Wildman–Crippen MR) is 54.0 cm³/mol. The summed E-state index contributed by atoms with van der Waals surface area (Å²) in [4.78, 5) is 4.18. The minimum Gasteiger partial charge on any atom is -0.384 e. The molecule has 2 unspecified atom stereocenters. The molecular formula is C9H14N2O2S. The molecule has 2 atom stereocenters. The van der Waals surface area contributed by atoms with Crippen molar-refractivity contribution in [3.63, 3.8) is 0 Å². The Balaban J connectivity index is 2.07. The Morgan fingerprint density at radius 3 is 3.00 bits per heavy atom. The van der Waals surface area contributed by atoms with Crippen molar-refractivity contribution >= 4 is 11.8 Å². The van der Waals surface area contributed by atoms with Crippen LogP contribution >= 0.6 is 11.8 Å². The van der Waals surface area contributed by atoms with Gasteiger partial charge in [-0.15, -0.1) is 0 Å². The molecule has 0 aromatic carbocycles. The van der Waals surface area contributed by atoms with Crippen LogP contribution in [0, 0.1) is 0 Å². The highest BCUT2D eigenvalue weighted by Gasteiger charge is 2.22. The summed E-state index contributed by atoms with van der Waals surface area (Å²) < 4.78 is 4.95. The van der Waals surface area contributed by atoms with Crippen molar-refractivity contribution < 1.29 is 9.63 Å². The molecule has 0 bridgehead atoms. The quantitative estimate of drug-likeness (QED) is 0.816. The molecule has 0 amide bonds. The van der Waals surface area contributed by atoms with Crippen LogP contribution in [0.3, 0.4) is 0 Å². The smallest absolute Gasteiger partial charge is 0.255 e. The summed E-state index contributed by atoms with van der Waals surface area (Å²) in [7, 11) is 0. The fraction of sp³-hybridized carbons (Fsp3) is 0.778. The fourth-order valence-corrected chi connectivity index (χ4v) is 2.73. The van der Waals surface area contributed by atoms with Gasteiger partial charge in [-0.05, 0) is 25.5 Å². The van der Waals surface area contributed by atoms with E-state index in [2.05, 4.69) is 10.1 Å². The predicted octanol–water partition coefficient (Wildman–Crippen LogP) is 2.08. The number of rotatable bonds is 2. The number of aliphatic hydroxyl groups is 1. The second kappa shape index (κ2) is 4.31. The van der Waals surface area contributed by atoms with Gasteiger partial charge < -0.3 is 9.63 Å². The highest BCUT2D eigenvalue weighted by Crippen LogP contribution is 2.36. The van der Waals surface area contributed by atoms with Crippen molar-refractivity contribution in [3.05, 3.63) is 11.7 Å². The van der Waals surface area contributed by atoms with Crippen molar-refractivity contribution in [2.45, 2.75) is 37.5 Å². The summed E-state index contributed by atoms with van der Waals surface area (Å²) in [6.45, 7) is 1.63. The topological polar surface area (TPSA) is 59.2 Å². The molecular weight excluding hydrogens is 200 g/mol. The van der Waals surface area contributed by atoms with Gasteiger partial charge in [0.25, 0.3) is 5.89 Å². The molecule has 1 saturated heterocycles. The van der Waals surface area contributed by atoms with E-state index in [9.17, 15) is 5.11 Å². The lowest BCUT2D eigenvalue weighted by molar-refractivity contribution is 0.151. The maximum Gasteiger partial charge on any atom is 0.255 e. The van der Waals surface area contributed by atoms with E-state index in [-0.39, 0.29) is 0 Å². The van der Waals surface area contributed by atoms with Gasteiger partial charge in [-0.1, -0.05) is 11.6 Å². The van der Waals surface area contributed by atoms with E-state index in [0.717, 1.165) is 12.2 Å². The average molecular weight is 214 g/mol. The van der Waals surface area contributed by atoms with Crippen LogP contribution in [0.25, 0.3) is 0 Å². The summed E-state index contributed by atoms with van der Waals surface area (Å²) in [5.41, 5.74) is 0. The molecule has 0 aliphatic carbocycles. The van der Waals surface area contributed by atoms with Gasteiger partial charge in [0.1, 0.15) is 6.10 Å². The molecule has 0 spiro atoms. The third-order valence-electron chi connectivity index (χ3n) is 2.28.